The number of carbonyl (C=O) groups is 2. The summed E-state index contributed by atoms with van der Waals surface area (Å²) in [5.74, 6) is 0.238. The maximum Gasteiger partial charge on any atom is 0.410 e. The first-order valence-corrected chi connectivity index (χ1v) is 9.84. The zero-order valence-electron chi connectivity index (χ0n) is 15.6. The Morgan fingerprint density at radius 2 is 2.21 bits per heavy atom. The predicted molar refractivity (Wildman–Crippen MR) is 104 cm³/mol. The van der Waals surface area contributed by atoms with Crippen molar-refractivity contribution in [3.05, 3.63) is 39.8 Å². The second kappa shape index (κ2) is 7.23. The van der Waals surface area contributed by atoms with Gasteiger partial charge >= 0.3 is 6.09 Å². The summed E-state index contributed by atoms with van der Waals surface area (Å²) >= 11 is 1.49. The molecule has 9 heteroatoms. The van der Waals surface area contributed by atoms with E-state index in [0.717, 1.165) is 21.0 Å². The molecule has 0 spiro atoms. The molecule has 2 aliphatic rings. The second-order valence-electron chi connectivity index (χ2n) is 6.56. The first-order chi connectivity index (χ1) is 13.5. The zero-order chi connectivity index (χ0) is 19.8. The Bertz CT molecular complexity index is 942. The van der Waals surface area contributed by atoms with Gasteiger partial charge in [-0.1, -0.05) is 6.07 Å². The van der Waals surface area contributed by atoms with Gasteiger partial charge in [-0.05, 0) is 36.6 Å². The number of anilines is 1. The molecule has 0 saturated carbocycles. The molecule has 3 N–H and O–H groups in total. The van der Waals surface area contributed by atoms with Crippen LogP contribution in [0.5, 0.6) is 11.5 Å². The van der Waals surface area contributed by atoms with Gasteiger partial charge in [0.05, 0.1) is 25.8 Å². The van der Waals surface area contributed by atoms with Crippen LogP contribution < -0.4 is 15.4 Å². The van der Waals surface area contributed by atoms with Gasteiger partial charge < -0.3 is 30.1 Å². The van der Waals surface area contributed by atoms with Gasteiger partial charge in [0.2, 0.25) is 0 Å². The van der Waals surface area contributed by atoms with Gasteiger partial charge in [-0.15, -0.1) is 11.3 Å². The number of ether oxygens (including phenoxy) is 2. The highest BCUT2D eigenvalue weighted by Gasteiger charge is 2.34. The molecule has 0 saturated heterocycles. The van der Waals surface area contributed by atoms with Crippen LogP contribution in [-0.2, 0) is 17.7 Å². The third kappa shape index (κ3) is 3.11. The largest absolute Gasteiger partial charge is 0.504 e. The van der Waals surface area contributed by atoms with Crippen molar-refractivity contribution in [2.45, 2.75) is 26.1 Å². The van der Waals surface area contributed by atoms with Gasteiger partial charge in [-0.25, -0.2) is 4.79 Å². The number of fused-ring (bicyclic) bond motifs is 3. The van der Waals surface area contributed by atoms with Crippen molar-refractivity contribution in [1.82, 2.24) is 10.2 Å². The Morgan fingerprint density at radius 3 is 2.96 bits per heavy atom. The van der Waals surface area contributed by atoms with E-state index in [1.54, 1.807) is 24.0 Å². The fourth-order valence-corrected chi connectivity index (χ4v) is 4.82. The number of methoxy groups -OCH3 is 1. The maximum atomic E-state index is 12.8. The van der Waals surface area contributed by atoms with E-state index in [0.29, 0.717) is 37.4 Å². The van der Waals surface area contributed by atoms with Crippen molar-refractivity contribution >= 4 is 28.3 Å². The molecule has 0 radical (unpaired) electrons. The summed E-state index contributed by atoms with van der Waals surface area (Å²) < 4.78 is 10.2. The summed E-state index contributed by atoms with van der Waals surface area (Å²) in [6.07, 6.45) is -0.144. The molecule has 2 aliphatic heterocycles. The fraction of sp³-hybridized carbons (Fsp3) is 0.368. The first kappa shape index (κ1) is 18.4. The number of nitrogens with one attached hydrogen (secondary N) is 2. The summed E-state index contributed by atoms with van der Waals surface area (Å²) in [4.78, 5) is 27.5. The van der Waals surface area contributed by atoms with E-state index in [9.17, 15) is 14.7 Å². The van der Waals surface area contributed by atoms with E-state index in [4.69, 9.17) is 9.47 Å². The van der Waals surface area contributed by atoms with Gasteiger partial charge in [0.1, 0.15) is 11.2 Å². The molecule has 1 aromatic heterocycles. The van der Waals surface area contributed by atoms with E-state index in [1.165, 1.54) is 24.5 Å². The van der Waals surface area contributed by atoms with Gasteiger partial charge in [-0.3, -0.25) is 4.79 Å². The molecule has 2 aromatic rings. The lowest BCUT2D eigenvalue weighted by Gasteiger charge is -2.28. The van der Waals surface area contributed by atoms with E-state index < -0.39 is 6.17 Å². The summed E-state index contributed by atoms with van der Waals surface area (Å²) in [7, 11) is 1.48. The molecule has 0 bridgehead atoms. The van der Waals surface area contributed by atoms with Gasteiger partial charge in [0, 0.05) is 11.4 Å². The third-order valence-electron chi connectivity index (χ3n) is 4.90. The van der Waals surface area contributed by atoms with Crippen LogP contribution in [0.3, 0.4) is 0 Å². The Hall–Kier alpha value is -2.94. The van der Waals surface area contributed by atoms with Gasteiger partial charge in [-0.2, -0.15) is 0 Å². The zero-order valence-corrected chi connectivity index (χ0v) is 16.4. The molecule has 3 heterocycles. The molecule has 0 aliphatic carbocycles. The lowest BCUT2D eigenvalue weighted by Crippen LogP contribution is -2.39. The molecule has 148 valence electrons. The van der Waals surface area contributed by atoms with Crippen LogP contribution in [0.4, 0.5) is 9.80 Å². The number of phenolic OH excluding ortho intramolecular Hbond substituents is 1. The van der Waals surface area contributed by atoms with Crippen molar-refractivity contribution in [3.63, 3.8) is 0 Å². The highest BCUT2D eigenvalue weighted by molar-refractivity contribution is 7.16. The van der Waals surface area contributed by atoms with Crippen molar-refractivity contribution in [2.24, 2.45) is 0 Å². The quantitative estimate of drug-likeness (QED) is 0.729. The number of phenols is 1. The number of nitrogens with zero attached hydrogens (tertiary/aromatic N) is 1. The summed E-state index contributed by atoms with van der Waals surface area (Å²) in [6, 6.07) is 4.96. The third-order valence-corrected chi connectivity index (χ3v) is 6.05. The number of hydrogen-bond acceptors (Lipinski definition) is 7. The van der Waals surface area contributed by atoms with Crippen molar-refractivity contribution in [1.29, 1.82) is 0 Å². The van der Waals surface area contributed by atoms with Crippen LogP contribution in [0, 0.1) is 0 Å². The SMILES string of the molecule is CCOC(=O)N1CCc2c(sc3c2C(=O)NC(c2ccc(O)c(OC)c2)N3)C1. The standard InChI is InChI=1S/C19H21N3O5S/c1-3-27-19(25)22-7-6-11-14(9-22)28-18-15(11)17(24)20-16(21-18)10-4-5-12(23)13(8-10)26-2/h4-5,8,16,21,23H,3,6-7,9H2,1-2H3,(H,20,24). The van der Waals surface area contributed by atoms with Crippen LogP contribution in [0.25, 0.3) is 0 Å². The first-order valence-electron chi connectivity index (χ1n) is 9.02. The molecule has 2 amide bonds. The van der Waals surface area contributed by atoms with Gasteiger partial charge in [0.25, 0.3) is 5.91 Å². The van der Waals surface area contributed by atoms with E-state index >= 15 is 0 Å². The molecule has 1 unspecified atom stereocenters. The molecule has 1 aromatic carbocycles. The summed E-state index contributed by atoms with van der Waals surface area (Å²) in [6.45, 7) is 3.09. The normalized spacial score (nSPS) is 17.9. The number of thiophene rings is 1. The number of carbonyl (C=O) groups excluding carboxylic acids is 2. The van der Waals surface area contributed by atoms with E-state index in [1.807, 2.05) is 0 Å². The number of amides is 2. The highest BCUT2D eigenvalue weighted by atomic mass is 32.1. The molecule has 1 atom stereocenters. The minimum absolute atomic E-state index is 0.0414. The van der Waals surface area contributed by atoms with E-state index in [-0.39, 0.29) is 17.7 Å². The number of hydrogen-bond donors (Lipinski definition) is 3. The van der Waals surface area contributed by atoms with Crippen LogP contribution in [0.15, 0.2) is 18.2 Å². The molecule has 28 heavy (non-hydrogen) atoms. The molecule has 4 rings (SSSR count). The summed E-state index contributed by atoms with van der Waals surface area (Å²) in [5, 5.41) is 16.9. The van der Waals surface area contributed by atoms with Crippen LogP contribution >= 0.6 is 11.3 Å². The second-order valence-corrected chi connectivity index (χ2v) is 7.67. The Morgan fingerprint density at radius 1 is 1.39 bits per heavy atom. The van der Waals surface area contributed by atoms with Crippen molar-refractivity contribution in [2.75, 3.05) is 25.6 Å². The van der Waals surface area contributed by atoms with Crippen molar-refractivity contribution < 1.29 is 24.2 Å². The minimum atomic E-state index is -0.434. The van der Waals surface area contributed by atoms with Gasteiger partial charge in [0.15, 0.2) is 11.5 Å². The van der Waals surface area contributed by atoms with Crippen LogP contribution in [0.1, 0.15) is 39.5 Å². The lowest BCUT2D eigenvalue weighted by atomic mass is 10.0. The van der Waals surface area contributed by atoms with Crippen molar-refractivity contribution in [3.8, 4) is 11.5 Å². The molecular formula is C19H21N3O5S. The highest BCUT2D eigenvalue weighted by Crippen LogP contribution is 2.41. The number of aromatic hydroxyl groups is 1. The monoisotopic (exact) mass is 403 g/mol. The number of benzene rings is 1. The minimum Gasteiger partial charge on any atom is -0.504 e. The maximum absolute atomic E-state index is 12.8. The molecule has 0 fully saturated rings. The van der Waals surface area contributed by atoms with E-state index in [2.05, 4.69) is 10.6 Å². The average Bonchev–Trinajstić information content (AvgIpc) is 3.06. The lowest BCUT2D eigenvalue weighted by molar-refractivity contribution is 0.0934. The summed E-state index contributed by atoms with van der Waals surface area (Å²) in [5.41, 5.74) is 2.42. The number of rotatable bonds is 3. The molecule has 8 nitrogen and oxygen atoms in total. The van der Waals surface area contributed by atoms with Crippen LogP contribution in [-0.4, -0.2) is 42.3 Å². The average molecular weight is 403 g/mol. The fourth-order valence-electron chi connectivity index (χ4n) is 3.53. The van der Waals surface area contributed by atoms with Crippen LogP contribution in [0.2, 0.25) is 0 Å². The smallest absolute Gasteiger partial charge is 0.410 e. The predicted octanol–water partition coefficient (Wildman–Crippen LogP) is 2.83. The Labute approximate surface area is 166 Å². The Balaban J connectivity index is 1.60. The Kier molecular flexibility index (Phi) is 4.76. The topological polar surface area (TPSA) is 100 Å². The molecular weight excluding hydrogens is 382 g/mol.